The van der Waals surface area contributed by atoms with Gasteiger partial charge in [-0.3, -0.25) is 0 Å². The van der Waals surface area contributed by atoms with Crippen LogP contribution in [0, 0.1) is 25.5 Å². The highest BCUT2D eigenvalue weighted by Gasteiger charge is 2.05. The van der Waals surface area contributed by atoms with Gasteiger partial charge in [0.1, 0.15) is 0 Å². The third-order valence-corrected chi connectivity index (χ3v) is 2.64. The third kappa shape index (κ3) is 3.34. The normalized spacial score (nSPS) is 11.6. The number of nitrogens with one attached hydrogen (secondary N) is 1. The maximum atomic E-state index is 13.1. The Morgan fingerprint density at radius 2 is 1.70 bits per heavy atom. The van der Waals surface area contributed by atoms with E-state index >= 15 is 0 Å². The van der Waals surface area contributed by atoms with Crippen LogP contribution in [-0.2, 0) is 0 Å². The van der Waals surface area contributed by atoms with Crippen molar-refractivity contribution in [2.45, 2.75) is 20.8 Å². The standard InChI is InChI=1S/C14H14F2N4/c1-8-6-9(2)18-14(17-8)20-19-10(3)11-4-5-12(15)13(16)7-11/h4-7H,1-3H3,(H,17,18,20)/b19-10-. The number of nitrogens with zero attached hydrogens (tertiary/aromatic N) is 3. The van der Waals surface area contributed by atoms with E-state index in [1.54, 1.807) is 6.92 Å². The van der Waals surface area contributed by atoms with Gasteiger partial charge in [0.25, 0.3) is 0 Å². The molecule has 1 N–H and O–H groups in total. The van der Waals surface area contributed by atoms with Crippen LogP contribution >= 0.6 is 0 Å². The van der Waals surface area contributed by atoms with Crippen LogP contribution in [0.2, 0.25) is 0 Å². The zero-order valence-corrected chi connectivity index (χ0v) is 11.4. The number of hydrazone groups is 1. The molecule has 20 heavy (non-hydrogen) atoms. The van der Waals surface area contributed by atoms with Crippen LogP contribution in [0.4, 0.5) is 14.7 Å². The van der Waals surface area contributed by atoms with Gasteiger partial charge in [-0.05, 0) is 45.0 Å². The van der Waals surface area contributed by atoms with Crippen LogP contribution in [0.25, 0.3) is 0 Å². The maximum absolute atomic E-state index is 13.1. The van der Waals surface area contributed by atoms with Crippen LogP contribution in [0.1, 0.15) is 23.9 Å². The lowest BCUT2D eigenvalue weighted by Crippen LogP contribution is -2.04. The molecule has 0 spiro atoms. The van der Waals surface area contributed by atoms with Crippen molar-refractivity contribution in [3.8, 4) is 0 Å². The van der Waals surface area contributed by atoms with Gasteiger partial charge in [0.2, 0.25) is 5.95 Å². The molecule has 0 aliphatic carbocycles. The van der Waals surface area contributed by atoms with E-state index in [1.165, 1.54) is 6.07 Å². The van der Waals surface area contributed by atoms with E-state index < -0.39 is 11.6 Å². The van der Waals surface area contributed by atoms with Crippen molar-refractivity contribution >= 4 is 11.7 Å². The monoisotopic (exact) mass is 276 g/mol. The molecule has 0 atom stereocenters. The van der Waals surface area contributed by atoms with E-state index in [1.807, 2.05) is 19.9 Å². The van der Waals surface area contributed by atoms with Crippen molar-refractivity contribution in [1.82, 2.24) is 9.97 Å². The SMILES string of the molecule is C/C(=N/Nc1nc(C)cc(C)n1)c1ccc(F)c(F)c1. The van der Waals surface area contributed by atoms with Crippen LogP contribution in [0.3, 0.4) is 0 Å². The summed E-state index contributed by atoms with van der Waals surface area (Å²) in [6.07, 6.45) is 0. The zero-order valence-electron chi connectivity index (χ0n) is 11.4. The number of rotatable bonds is 3. The molecule has 0 saturated carbocycles. The summed E-state index contributed by atoms with van der Waals surface area (Å²) in [6.45, 7) is 5.39. The number of aryl methyl sites for hydroxylation is 2. The molecule has 4 nitrogen and oxygen atoms in total. The van der Waals surface area contributed by atoms with E-state index in [0.717, 1.165) is 23.5 Å². The number of benzene rings is 1. The van der Waals surface area contributed by atoms with Gasteiger partial charge in [0.15, 0.2) is 11.6 Å². The summed E-state index contributed by atoms with van der Waals surface area (Å²) in [5, 5.41) is 4.07. The lowest BCUT2D eigenvalue weighted by molar-refractivity contribution is 0.508. The Morgan fingerprint density at radius 3 is 2.30 bits per heavy atom. The molecule has 0 bridgehead atoms. The fraction of sp³-hybridized carbons (Fsp3) is 0.214. The summed E-state index contributed by atoms with van der Waals surface area (Å²) in [4.78, 5) is 8.34. The highest BCUT2D eigenvalue weighted by atomic mass is 19.2. The van der Waals surface area contributed by atoms with Gasteiger partial charge in [-0.2, -0.15) is 5.10 Å². The van der Waals surface area contributed by atoms with Crippen LogP contribution in [0.15, 0.2) is 29.4 Å². The Hall–Kier alpha value is -2.37. The summed E-state index contributed by atoms with van der Waals surface area (Å²) in [5.41, 5.74) is 5.34. The molecule has 1 aromatic heterocycles. The first kappa shape index (κ1) is 14.0. The minimum Gasteiger partial charge on any atom is -0.245 e. The van der Waals surface area contributed by atoms with Gasteiger partial charge >= 0.3 is 0 Å². The number of halogens is 2. The van der Waals surface area contributed by atoms with Gasteiger partial charge in [-0.15, -0.1) is 0 Å². The summed E-state index contributed by atoms with van der Waals surface area (Å²) >= 11 is 0. The molecular weight excluding hydrogens is 262 g/mol. The molecule has 0 aliphatic heterocycles. The van der Waals surface area contributed by atoms with Gasteiger partial charge in [-0.1, -0.05) is 0 Å². The summed E-state index contributed by atoms with van der Waals surface area (Å²) in [7, 11) is 0. The molecular formula is C14H14F2N4. The first-order chi connectivity index (χ1) is 9.45. The molecule has 0 fully saturated rings. The average Bonchev–Trinajstić information content (AvgIpc) is 2.38. The molecule has 0 aliphatic rings. The lowest BCUT2D eigenvalue weighted by atomic mass is 10.1. The fourth-order valence-electron chi connectivity index (χ4n) is 1.70. The van der Waals surface area contributed by atoms with E-state index in [-0.39, 0.29) is 0 Å². The third-order valence-electron chi connectivity index (χ3n) is 2.64. The Balaban J connectivity index is 2.19. The van der Waals surface area contributed by atoms with Crippen LogP contribution in [-0.4, -0.2) is 15.7 Å². The maximum Gasteiger partial charge on any atom is 0.243 e. The number of hydrogen-bond acceptors (Lipinski definition) is 4. The molecule has 104 valence electrons. The van der Waals surface area contributed by atoms with Crippen molar-refractivity contribution in [1.29, 1.82) is 0 Å². The predicted molar refractivity (Wildman–Crippen MR) is 73.7 cm³/mol. The molecule has 0 saturated heterocycles. The highest BCUT2D eigenvalue weighted by Crippen LogP contribution is 2.10. The first-order valence-corrected chi connectivity index (χ1v) is 6.03. The Morgan fingerprint density at radius 1 is 1.05 bits per heavy atom. The Bertz CT molecular complexity index is 648. The first-order valence-electron chi connectivity index (χ1n) is 6.03. The van der Waals surface area contributed by atoms with E-state index in [0.29, 0.717) is 17.2 Å². The van der Waals surface area contributed by atoms with Crippen molar-refractivity contribution < 1.29 is 8.78 Å². The van der Waals surface area contributed by atoms with Gasteiger partial charge in [0.05, 0.1) is 5.71 Å². The molecule has 1 aromatic carbocycles. The molecule has 0 unspecified atom stereocenters. The largest absolute Gasteiger partial charge is 0.245 e. The Labute approximate surface area is 115 Å². The fourth-order valence-corrected chi connectivity index (χ4v) is 1.70. The molecule has 1 heterocycles. The second kappa shape index (κ2) is 5.73. The van der Waals surface area contributed by atoms with Crippen LogP contribution in [0.5, 0.6) is 0 Å². The van der Waals surface area contributed by atoms with Crippen molar-refractivity contribution in [3.05, 3.63) is 52.9 Å². The smallest absolute Gasteiger partial charge is 0.243 e. The molecule has 6 heteroatoms. The summed E-state index contributed by atoms with van der Waals surface area (Å²) in [6, 6.07) is 5.47. The molecule has 0 amide bonds. The quantitative estimate of drug-likeness (QED) is 0.691. The predicted octanol–water partition coefficient (Wildman–Crippen LogP) is 3.21. The summed E-state index contributed by atoms with van der Waals surface area (Å²) < 4.78 is 26.0. The second-order valence-corrected chi connectivity index (χ2v) is 4.41. The van der Waals surface area contributed by atoms with E-state index in [9.17, 15) is 8.78 Å². The minimum atomic E-state index is -0.903. The van der Waals surface area contributed by atoms with E-state index in [2.05, 4.69) is 20.5 Å². The van der Waals surface area contributed by atoms with Crippen molar-refractivity contribution in [2.75, 3.05) is 5.43 Å². The summed E-state index contributed by atoms with van der Waals surface area (Å²) in [5.74, 6) is -1.42. The van der Waals surface area contributed by atoms with E-state index in [4.69, 9.17) is 0 Å². The molecule has 2 aromatic rings. The molecule has 0 radical (unpaired) electrons. The lowest BCUT2D eigenvalue weighted by Gasteiger charge is -2.04. The number of anilines is 1. The zero-order chi connectivity index (χ0) is 14.7. The number of hydrogen-bond donors (Lipinski definition) is 1. The molecule has 2 rings (SSSR count). The van der Waals surface area contributed by atoms with Crippen molar-refractivity contribution in [2.24, 2.45) is 5.10 Å². The topological polar surface area (TPSA) is 50.2 Å². The Kier molecular flexibility index (Phi) is 4.02. The number of aromatic nitrogens is 2. The van der Waals surface area contributed by atoms with Crippen LogP contribution < -0.4 is 5.43 Å². The van der Waals surface area contributed by atoms with Crippen molar-refractivity contribution in [3.63, 3.8) is 0 Å². The van der Waals surface area contributed by atoms with Gasteiger partial charge < -0.3 is 0 Å². The minimum absolute atomic E-state index is 0.365. The average molecular weight is 276 g/mol. The van der Waals surface area contributed by atoms with Gasteiger partial charge in [0, 0.05) is 17.0 Å². The second-order valence-electron chi connectivity index (χ2n) is 4.41. The highest BCUT2D eigenvalue weighted by molar-refractivity contribution is 5.98. The van der Waals surface area contributed by atoms with Gasteiger partial charge in [-0.25, -0.2) is 24.2 Å².